The Morgan fingerprint density at radius 2 is 1.64 bits per heavy atom. The van der Waals surface area contributed by atoms with Crippen LogP contribution in [0, 0.1) is 23.2 Å². The molecule has 0 N–H and O–H groups in total. The molecule has 0 radical (unpaired) electrons. The van der Waals surface area contributed by atoms with Gasteiger partial charge in [-0.1, -0.05) is 68.4 Å². The third-order valence-electron chi connectivity index (χ3n) is 6.78. The van der Waals surface area contributed by atoms with E-state index in [-0.39, 0.29) is 0 Å². The summed E-state index contributed by atoms with van der Waals surface area (Å²) in [5, 5.41) is 0. The van der Waals surface area contributed by atoms with Crippen LogP contribution in [-0.4, -0.2) is 0 Å². The van der Waals surface area contributed by atoms with E-state index in [1.54, 1.807) is 5.57 Å². The van der Waals surface area contributed by atoms with Crippen molar-refractivity contribution in [2.75, 3.05) is 0 Å². The molecular weight excluding hydrogens is 300 g/mol. The van der Waals surface area contributed by atoms with Crippen LogP contribution in [0.2, 0.25) is 0 Å². The Morgan fingerprint density at radius 1 is 1.00 bits per heavy atom. The van der Waals surface area contributed by atoms with E-state index in [0.717, 1.165) is 30.6 Å². The van der Waals surface area contributed by atoms with E-state index in [1.165, 1.54) is 49.7 Å². The van der Waals surface area contributed by atoms with Crippen LogP contribution in [0.3, 0.4) is 0 Å². The summed E-state index contributed by atoms with van der Waals surface area (Å²) in [5.74, 6) is 2.47. The highest BCUT2D eigenvalue weighted by Gasteiger charge is 2.43. The molecular formula is C25H40. The van der Waals surface area contributed by atoms with Gasteiger partial charge in [0.25, 0.3) is 0 Å². The first kappa shape index (κ1) is 20.3. The first-order valence-electron chi connectivity index (χ1n) is 10.5. The van der Waals surface area contributed by atoms with Gasteiger partial charge in [-0.2, -0.15) is 0 Å². The third kappa shape index (κ3) is 5.73. The van der Waals surface area contributed by atoms with E-state index in [0.29, 0.717) is 5.41 Å². The smallest absolute Gasteiger partial charge is 0.0112 e. The minimum atomic E-state index is 0.351. The Labute approximate surface area is 157 Å². The third-order valence-corrected chi connectivity index (χ3v) is 6.78. The van der Waals surface area contributed by atoms with Crippen molar-refractivity contribution in [2.45, 2.75) is 86.0 Å². The summed E-state index contributed by atoms with van der Waals surface area (Å²) in [6.45, 7) is 16.3. The number of hydrogen-bond acceptors (Lipinski definition) is 0. The maximum Gasteiger partial charge on any atom is -0.0112 e. The summed E-state index contributed by atoms with van der Waals surface area (Å²) < 4.78 is 0. The molecule has 0 bridgehead atoms. The minimum Gasteiger partial charge on any atom is -0.0958 e. The van der Waals surface area contributed by atoms with Crippen LogP contribution in [-0.2, 0) is 0 Å². The highest BCUT2D eigenvalue weighted by atomic mass is 14.5. The van der Waals surface area contributed by atoms with Crippen molar-refractivity contribution >= 4 is 0 Å². The van der Waals surface area contributed by atoms with E-state index in [2.05, 4.69) is 65.5 Å². The zero-order chi connectivity index (χ0) is 18.4. The fourth-order valence-corrected chi connectivity index (χ4v) is 4.93. The molecule has 0 aromatic rings. The number of rotatable bonds is 1. The number of fused-ring (bicyclic) bond motifs is 1. The van der Waals surface area contributed by atoms with Crippen LogP contribution >= 0.6 is 0 Å². The second kappa shape index (κ2) is 9.06. The maximum atomic E-state index is 4.31. The summed E-state index contributed by atoms with van der Waals surface area (Å²) in [6, 6.07) is 0. The molecule has 0 heteroatoms. The van der Waals surface area contributed by atoms with Crippen molar-refractivity contribution in [2.24, 2.45) is 23.2 Å². The van der Waals surface area contributed by atoms with Gasteiger partial charge in [-0.25, -0.2) is 0 Å². The summed E-state index contributed by atoms with van der Waals surface area (Å²) in [7, 11) is 0. The minimum absolute atomic E-state index is 0.351. The van der Waals surface area contributed by atoms with Crippen molar-refractivity contribution in [1.29, 1.82) is 0 Å². The molecule has 0 spiro atoms. The summed E-state index contributed by atoms with van der Waals surface area (Å²) >= 11 is 0. The van der Waals surface area contributed by atoms with Crippen molar-refractivity contribution in [3.63, 3.8) is 0 Å². The molecule has 25 heavy (non-hydrogen) atoms. The monoisotopic (exact) mass is 340 g/mol. The lowest BCUT2D eigenvalue weighted by Gasteiger charge is -2.34. The number of hydrogen-bond donors (Lipinski definition) is 0. The van der Waals surface area contributed by atoms with Crippen LogP contribution < -0.4 is 0 Å². The molecule has 0 saturated heterocycles. The zero-order valence-electron chi connectivity index (χ0n) is 17.4. The Hall–Kier alpha value is -1.04. The second-order valence-electron chi connectivity index (χ2n) is 9.27. The van der Waals surface area contributed by atoms with Crippen molar-refractivity contribution < 1.29 is 0 Å². The molecule has 1 saturated carbocycles. The van der Waals surface area contributed by atoms with E-state index in [1.807, 2.05) is 0 Å². The van der Waals surface area contributed by atoms with Crippen molar-refractivity contribution in [3.05, 3.63) is 47.6 Å². The Balaban J connectivity index is 2.23. The normalized spacial score (nSPS) is 32.6. The van der Waals surface area contributed by atoms with Gasteiger partial charge in [0.1, 0.15) is 0 Å². The molecule has 2 aliphatic rings. The maximum absolute atomic E-state index is 4.31. The molecule has 0 amide bonds. The van der Waals surface area contributed by atoms with Gasteiger partial charge in [-0.3, -0.25) is 0 Å². The zero-order valence-corrected chi connectivity index (χ0v) is 17.4. The molecule has 140 valence electrons. The second-order valence-corrected chi connectivity index (χ2v) is 9.27. The fraction of sp³-hybridized carbons (Fsp3) is 0.680. The summed E-state index contributed by atoms with van der Waals surface area (Å²) in [5.41, 5.74) is 4.76. The lowest BCUT2D eigenvalue weighted by Crippen LogP contribution is -2.26. The quantitative estimate of drug-likeness (QED) is 0.424. The highest BCUT2D eigenvalue weighted by molar-refractivity contribution is 5.20. The highest BCUT2D eigenvalue weighted by Crippen LogP contribution is 2.52. The van der Waals surface area contributed by atoms with Gasteiger partial charge in [0.2, 0.25) is 0 Å². The van der Waals surface area contributed by atoms with Crippen LogP contribution in [0.25, 0.3) is 0 Å². The van der Waals surface area contributed by atoms with Gasteiger partial charge >= 0.3 is 0 Å². The average Bonchev–Trinajstić information content (AvgIpc) is 2.87. The van der Waals surface area contributed by atoms with Gasteiger partial charge in [0.15, 0.2) is 0 Å². The summed E-state index contributed by atoms with van der Waals surface area (Å²) in [4.78, 5) is 0. The Morgan fingerprint density at radius 3 is 2.32 bits per heavy atom. The van der Waals surface area contributed by atoms with E-state index >= 15 is 0 Å². The number of allylic oxidation sites excluding steroid dienone is 7. The fourth-order valence-electron chi connectivity index (χ4n) is 4.93. The van der Waals surface area contributed by atoms with Crippen LogP contribution in [0.4, 0.5) is 0 Å². The lowest BCUT2D eigenvalue weighted by atomic mass is 9.71. The predicted molar refractivity (Wildman–Crippen MR) is 113 cm³/mol. The first-order chi connectivity index (χ1) is 11.8. The van der Waals surface area contributed by atoms with Gasteiger partial charge < -0.3 is 0 Å². The van der Waals surface area contributed by atoms with E-state index in [4.69, 9.17) is 0 Å². The predicted octanol–water partition coefficient (Wildman–Crippen LogP) is 8.03. The van der Waals surface area contributed by atoms with Gasteiger partial charge in [-0.05, 0) is 88.4 Å². The standard InChI is InChI=1S/C25H40/c1-19(2)23-16-18-25(6)17-15-22(5)12-8-10-20(3)9-7-11-21(4)13-14-24(23)25/h10-11,15,17,19,23-24H,5,7-9,12-14,16,18H2,1-4,6H3/t23-,24+,25+/m1/s1. The van der Waals surface area contributed by atoms with Crippen LogP contribution in [0.5, 0.6) is 0 Å². The first-order valence-corrected chi connectivity index (χ1v) is 10.5. The lowest BCUT2D eigenvalue weighted by molar-refractivity contribution is 0.198. The molecule has 0 aromatic heterocycles. The Bertz CT molecular complexity index is 542. The van der Waals surface area contributed by atoms with Crippen LogP contribution in [0.15, 0.2) is 47.6 Å². The molecule has 2 rings (SSSR count). The van der Waals surface area contributed by atoms with E-state index in [9.17, 15) is 0 Å². The molecule has 0 aliphatic heterocycles. The SMILES string of the molecule is C=C1C=C[C@@]2(C)CC[C@H](C(C)C)[C@@H]2CCC(C)=CCCC(C)=CCC1. The van der Waals surface area contributed by atoms with Crippen molar-refractivity contribution in [3.8, 4) is 0 Å². The van der Waals surface area contributed by atoms with Gasteiger partial charge in [0.05, 0.1) is 0 Å². The average molecular weight is 341 g/mol. The largest absolute Gasteiger partial charge is 0.0958 e. The molecule has 0 unspecified atom stereocenters. The van der Waals surface area contributed by atoms with Gasteiger partial charge in [0, 0.05) is 0 Å². The van der Waals surface area contributed by atoms with Crippen molar-refractivity contribution in [1.82, 2.24) is 0 Å². The van der Waals surface area contributed by atoms with E-state index < -0.39 is 0 Å². The molecule has 0 heterocycles. The molecule has 0 aromatic carbocycles. The topological polar surface area (TPSA) is 0 Å². The molecule has 2 aliphatic carbocycles. The molecule has 1 fully saturated rings. The summed E-state index contributed by atoms with van der Waals surface area (Å²) in [6.07, 6.45) is 19.7. The molecule has 3 atom stereocenters. The van der Waals surface area contributed by atoms with Gasteiger partial charge in [-0.15, -0.1) is 0 Å². The molecule has 0 nitrogen and oxygen atoms in total. The Kier molecular flexibility index (Phi) is 7.35. The van der Waals surface area contributed by atoms with Crippen LogP contribution in [0.1, 0.15) is 86.0 Å².